The van der Waals surface area contributed by atoms with Crippen molar-refractivity contribution in [3.63, 3.8) is 0 Å². The van der Waals surface area contributed by atoms with Crippen LogP contribution in [-0.2, 0) is 14.3 Å². The van der Waals surface area contributed by atoms with Crippen molar-refractivity contribution < 1.29 is 34.7 Å². The minimum Gasteiger partial charge on any atom is -0.394 e. The number of ether oxygens (including phenoxy) is 2. The summed E-state index contributed by atoms with van der Waals surface area (Å²) in [7, 11) is 2.33. The van der Waals surface area contributed by atoms with Crippen LogP contribution in [0.4, 0.5) is 0 Å². The lowest BCUT2D eigenvalue weighted by molar-refractivity contribution is -0.303. The summed E-state index contributed by atoms with van der Waals surface area (Å²) in [5, 5.41) is 40.8. The van der Waals surface area contributed by atoms with Crippen LogP contribution in [0, 0.1) is 52.3 Å². The molecular formula is C34H57NO7. The molecule has 4 aliphatic carbocycles. The number of hydrogen-bond donors (Lipinski definition) is 4. The van der Waals surface area contributed by atoms with Gasteiger partial charge in [0.05, 0.1) is 12.7 Å². The van der Waals surface area contributed by atoms with Gasteiger partial charge in [0.15, 0.2) is 6.29 Å². The van der Waals surface area contributed by atoms with Crippen molar-refractivity contribution in [3.05, 3.63) is 0 Å². The lowest BCUT2D eigenvalue weighted by Gasteiger charge is -2.61. The molecule has 8 nitrogen and oxygen atoms in total. The number of likely N-dealkylation sites (tertiary alicyclic amines) is 1. The zero-order chi connectivity index (χ0) is 30.1. The van der Waals surface area contributed by atoms with Crippen molar-refractivity contribution >= 4 is 5.78 Å². The Bertz CT molecular complexity index is 995. The van der Waals surface area contributed by atoms with Crippen molar-refractivity contribution in [2.75, 3.05) is 20.2 Å². The summed E-state index contributed by atoms with van der Waals surface area (Å²) >= 11 is 0. The first-order valence-corrected chi connectivity index (χ1v) is 17.1. The summed E-state index contributed by atoms with van der Waals surface area (Å²) in [4.78, 5) is 16.6. The monoisotopic (exact) mass is 591 g/mol. The second kappa shape index (κ2) is 11.6. The maximum Gasteiger partial charge on any atom is 0.184 e. The van der Waals surface area contributed by atoms with Crippen molar-refractivity contribution in [2.45, 2.75) is 135 Å². The van der Waals surface area contributed by atoms with E-state index in [4.69, 9.17) is 9.47 Å². The minimum absolute atomic E-state index is 0.0509. The van der Waals surface area contributed by atoms with Gasteiger partial charge in [-0.2, -0.15) is 0 Å². The Morgan fingerprint density at radius 1 is 1.00 bits per heavy atom. The molecule has 6 fully saturated rings. The third-order valence-corrected chi connectivity index (χ3v) is 14.0. The van der Waals surface area contributed by atoms with Crippen LogP contribution in [-0.4, -0.2) is 94.2 Å². The van der Waals surface area contributed by atoms with E-state index in [1.165, 1.54) is 45.1 Å². The largest absolute Gasteiger partial charge is 0.394 e. The molecule has 4 saturated carbocycles. The Morgan fingerprint density at radius 2 is 1.71 bits per heavy atom. The number of carbonyl (C=O) groups excluding carboxylic acids is 1. The molecule has 2 saturated heterocycles. The highest BCUT2D eigenvalue weighted by Gasteiger charge is 2.63. The highest BCUT2D eigenvalue weighted by atomic mass is 16.6. The fourth-order valence-corrected chi connectivity index (χ4v) is 11.8. The van der Waals surface area contributed by atoms with Crippen molar-refractivity contribution in [1.29, 1.82) is 0 Å². The second-order valence-electron chi connectivity index (χ2n) is 16.1. The smallest absolute Gasteiger partial charge is 0.184 e. The molecule has 4 N–H and O–H groups in total. The maximum absolute atomic E-state index is 14.0. The average Bonchev–Trinajstić information content (AvgIpc) is 3.30. The number of aliphatic hydroxyl groups is 4. The van der Waals surface area contributed by atoms with Crippen LogP contribution in [0.3, 0.4) is 0 Å². The Labute approximate surface area is 252 Å². The highest BCUT2D eigenvalue weighted by Crippen LogP contribution is 2.68. The first-order chi connectivity index (χ1) is 19.9. The van der Waals surface area contributed by atoms with E-state index < -0.39 is 37.3 Å². The average molecular weight is 592 g/mol. The quantitative estimate of drug-likeness (QED) is 0.384. The highest BCUT2D eigenvalue weighted by molar-refractivity contribution is 5.83. The predicted molar refractivity (Wildman–Crippen MR) is 158 cm³/mol. The Morgan fingerprint density at radius 3 is 2.43 bits per heavy atom. The molecule has 0 aromatic rings. The summed E-state index contributed by atoms with van der Waals surface area (Å²) < 4.78 is 11.4. The topological polar surface area (TPSA) is 120 Å². The van der Waals surface area contributed by atoms with Gasteiger partial charge in [0.25, 0.3) is 0 Å². The third-order valence-electron chi connectivity index (χ3n) is 14.0. The molecule has 42 heavy (non-hydrogen) atoms. The SMILES string of the molecule is C[C@H]1CC[C@H]([C@@H](C)[C@H]2CC[C@H]3[C@@H]4CC(=O)[C@H]5C[C@@H](O[C@@H]6[C@@H](O)[C@H](O)O[C@H](CO)[C@H]6O)CC[C@]5(C)[C@H]4CC[C@]23C)N(C)C1. The normalized spacial score (nSPS) is 54.1. The Balaban J connectivity index is 1.15. The van der Waals surface area contributed by atoms with Crippen LogP contribution in [0.5, 0.6) is 0 Å². The number of ketones is 1. The number of fused-ring (bicyclic) bond motifs is 5. The minimum atomic E-state index is -1.53. The number of nitrogens with zero attached hydrogens (tertiary/aromatic N) is 1. The van der Waals surface area contributed by atoms with Gasteiger partial charge in [0.1, 0.15) is 30.2 Å². The zero-order valence-electron chi connectivity index (χ0n) is 26.5. The van der Waals surface area contributed by atoms with Crippen LogP contribution < -0.4 is 0 Å². The summed E-state index contributed by atoms with van der Waals surface area (Å²) in [6.07, 6.45) is 4.02. The molecule has 16 atom stereocenters. The number of piperidine rings is 1. The van der Waals surface area contributed by atoms with E-state index >= 15 is 0 Å². The molecule has 0 spiro atoms. The van der Waals surface area contributed by atoms with Gasteiger partial charge in [0.2, 0.25) is 0 Å². The van der Waals surface area contributed by atoms with Gasteiger partial charge in [-0.3, -0.25) is 4.79 Å². The molecule has 2 heterocycles. The summed E-state index contributed by atoms with van der Waals surface area (Å²) in [5.41, 5.74) is 0.262. The standard InChI is InChI=1S/C34H57NO7/c1-18-6-9-26(35(5)16-18)19(2)22-7-8-23-21-15-27(37)25-14-20(10-12-34(25,4)24(21)11-13-33(22,23)3)41-31-29(38)28(17-36)42-32(40)30(31)39/h18-26,28-32,36,38-40H,6-17H2,1-5H3/t18-,19-,20-,21-,22+,23-,24-,25+,26+,28+,29+,30+,31-,32+,33+,34+/m0/s1. The Hall–Kier alpha value is -0.610. The van der Waals surface area contributed by atoms with Gasteiger partial charge in [-0.25, -0.2) is 0 Å². The van der Waals surface area contributed by atoms with E-state index in [2.05, 4.69) is 39.6 Å². The number of Topliss-reactive ketones (excluding diaryl/α,β-unsaturated/α-hetero) is 1. The van der Waals surface area contributed by atoms with Crippen molar-refractivity contribution in [1.82, 2.24) is 4.90 Å². The van der Waals surface area contributed by atoms with Crippen molar-refractivity contribution in [2.24, 2.45) is 52.3 Å². The van der Waals surface area contributed by atoms with E-state index in [0.29, 0.717) is 53.8 Å². The molecule has 8 heteroatoms. The van der Waals surface area contributed by atoms with E-state index in [0.717, 1.165) is 24.7 Å². The summed E-state index contributed by atoms with van der Waals surface area (Å²) in [6.45, 7) is 10.6. The fourth-order valence-electron chi connectivity index (χ4n) is 11.8. The zero-order valence-corrected chi connectivity index (χ0v) is 26.5. The van der Waals surface area contributed by atoms with E-state index in [1.807, 2.05) is 0 Å². The first-order valence-electron chi connectivity index (χ1n) is 17.1. The molecule has 0 radical (unpaired) electrons. The predicted octanol–water partition coefficient (Wildman–Crippen LogP) is 3.38. The third kappa shape index (κ3) is 5.03. The lowest BCUT2D eigenvalue weighted by atomic mass is 9.44. The van der Waals surface area contributed by atoms with Crippen LogP contribution in [0.15, 0.2) is 0 Å². The van der Waals surface area contributed by atoms with Crippen LogP contribution >= 0.6 is 0 Å². The van der Waals surface area contributed by atoms with Gasteiger partial charge in [-0.1, -0.05) is 27.7 Å². The van der Waals surface area contributed by atoms with E-state index in [9.17, 15) is 25.2 Å². The molecule has 6 aliphatic rings. The summed E-state index contributed by atoms with van der Waals surface area (Å²) in [6, 6.07) is 0.672. The summed E-state index contributed by atoms with van der Waals surface area (Å²) in [5.74, 6) is 4.13. The number of hydrogen-bond acceptors (Lipinski definition) is 8. The molecule has 0 bridgehead atoms. The number of carbonyl (C=O) groups is 1. The fraction of sp³-hybridized carbons (Fsp3) is 0.971. The molecule has 6 rings (SSSR count). The van der Waals surface area contributed by atoms with Gasteiger partial charge in [0, 0.05) is 24.9 Å². The molecular weight excluding hydrogens is 534 g/mol. The number of rotatable bonds is 5. The van der Waals surface area contributed by atoms with Gasteiger partial charge in [-0.15, -0.1) is 0 Å². The Kier molecular flexibility index (Phi) is 8.69. The van der Waals surface area contributed by atoms with Crippen LogP contribution in [0.1, 0.15) is 91.9 Å². The van der Waals surface area contributed by atoms with Crippen molar-refractivity contribution in [3.8, 4) is 0 Å². The molecule has 2 aliphatic heterocycles. The van der Waals surface area contributed by atoms with Crippen LogP contribution in [0.25, 0.3) is 0 Å². The first kappa shape index (κ1) is 31.4. The molecule has 0 amide bonds. The van der Waals surface area contributed by atoms with Gasteiger partial charge in [-0.05, 0) is 111 Å². The van der Waals surface area contributed by atoms with Gasteiger partial charge >= 0.3 is 0 Å². The molecule has 0 aromatic heterocycles. The number of aliphatic hydroxyl groups excluding tert-OH is 4. The molecule has 240 valence electrons. The lowest BCUT2D eigenvalue weighted by Crippen LogP contribution is -2.61. The van der Waals surface area contributed by atoms with Crippen LogP contribution in [0.2, 0.25) is 0 Å². The van der Waals surface area contributed by atoms with E-state index in [1.54, 1.807) is 0 Å². The van der Waals surface area contributed by atoms with E-state index in [-0.39, 0.29) is 17.4 Å². The molecule has 0 unspecified atom stereocenters. The van der Waals surface area contributed by atoms with Gasteiger partial charge < -0.3 is 34.8 Å². The maximum atomic E-state index is 14.0. The molecule has 0 aromatic carbocycles. The second-order valence-corrected chi connectivity index (χ2v) is 16.1.